The Morgan fingerprint density at radius 1 is 0.324 bits per heavy atom. The highest BCUT2D eigenvalue weighted by atomic mass is 15.1. The molecule has 3 heterocycles. The SMILES string of the molecule is Cc1ccccc1-c1cccc(-c2ccc3c4cc(-c5ccccc5C)ccc4n(-c4cnc(-n5c6ccc(-c7ccccc7C)cc6c6cc(-c7ccccc7C)ccc65)cc4-c4ccc(C#N)cc4)c3c2)c1. The van der Waals surface area contributed by atoms with E-state index in [0.29, 0.717) is 5.56 Å². The van der Waals surface area contributed by atoms with E-state index < -0.39 is 0 Å². The molecular weight excluding hydrogens is 897 g/mol. The molecule has 4 heteroatoms. The van der Waals surface area contributed by atoms with Crippen molar-refractivity contribution in [1.82, 2.24) is 14.1 Å². The zero-order chi connectivity index (χ0) is 50.0. The van der Waals surface area contributed by atoms with Crippen LogP contribution in [-0.4, -0.2) is 14.1 Å². The van der Waals surface area contributed by atoms with Crippen LogP contribution in [-0.2, 0) is 0 Å². The lowest BCUT2D eigenvalue weighted by Crippen LogP contribution is -2.03. The Labute approximate surface area is 431 Å². The van der Waals surface area contributed by atoms with Crippen LogP contribution in [0.25, 0.3) is 122 Å². The van der Waals surface area contributed by atoms with E-state index in [4.69, 9.17) is 4.98 Å². The third kappa shape index (κ3) is 7.49. The molecular formula is C70H50N4. The highest BCUT2D eigenvalue weighted by Crippen LogP contribution is 2.43. The molecule has 0 saturated carbocycles. The number of fused-ring (bicyclic) bond motifs is 6. The Bertz CT molecular complexity index is 4320. The summed E-state index contributed by atoms with van der Waals surface area (Å²) in [6.07, 6.45) is 2.06. The van der Waals surface area contributed by atoms with Crippen molar-refractivity contribution in [3.63, 3.8) is 0 Å². The van der Waals surface area contributed by atoms with E-state index in [9.17, 15) is 5.26 Å². The number of rotatable bonds is 8. The molecule has 0 bridgehead atoms. The number of nitriles is 1. The number of hydrogen-bond acceptors (Lipinski definition) is 2. The van der Waals surface area contributed by atoms with Gasteiger partial charge < -0.3 is 4.57 Å². The van der Waals surface area contributed by atoms with Gasteiger partial charge in [0.2, 0.25) is 0 Å². The summed E-state index contributed by atoms with van der Waals surface area (Å²) in [6.45, 7) is 8.72. The monoisotopic (exact) mass is 946 g/mol. The molecule has 0 saturated heterocycles. The van der Waals surface area contributed by atoms with E-state index >= 15 is 0 Å². The lowest BCUT2D eigenvalue weighted by molar-refractivity contribution is 1.06. The van der Waals surface area contributed by atoms with Gasteiger partial charge in [-0.25, -0.2) is 4.98 Å². The van der Waals surface area contributed by atoms with Gasteiger partial charge >= 0.3 is 0 Å². The lowest BCUT2D eigenvalue weighted by Gasteiger charge is -2.17. The summed E-state index contributed by atoms with van der Waals surface area (Å²) in [5, 5.41) is 14.6. The van der Waals surface area contributed by atoms with Crippen LogP contribution in [0.2, 0.25) is 0 Å². The quantitative estimate of drug-likeness (QED) is 0.152. The second-order valence-corrected chi connectivity index (χ2v) is 19.7. The van der Waals surface area contributed by atoms with Crippen LogP contribution in [0.5, 0.6) is 0 Å². The standard InChI is InChI=1S/C70H50N4/c1-44-14-5-9-20-56(44)52-19-13-18-50(36-52)51-28-32-60-62-37-53(57-21-10-6-15-45(57)2)29-33-65(62)73(68(60)40-51)69-43-72-70(41-61(69)49-26-24-48(42-71)25-27-49)74-66-34-30-54(58-22-11-7-16-46(58)3)38-63(66)64-39-55(31-35-67(64)74)59-23-12-8-17-47(59)4/h5-41,43H,1-4H3. The van der Waals surface area contributed by atoms with Crippen molar-refractivity contribution in [2.45, 2.75) is 27.7 Å². The van der Waals surface area contributed by atoms with Crippen LogP contribution in [0.15, 0.2) is 231 Å². The first kappa shape index (κ1) is 44.4. The summed E-state index contributed by atoms with van der Waals surface area (Å²) in [4.78, 5) is 5.50. The van der Waals surface area contributed by atoms with Crippen molar-refractivity contribution in [1.29, 1.82) is 5.26 Å². The fourth-order valence-corrected chi connectivity index (χ4v) is 11.4. The van der Waals surface area contributed by atoms with Gasteiger partial charge in [-0.2, -0.15) is 5.26 Å². The Morgan fingerprint density at radius 2 is 0.743 bits per heavy atom. The Balaban J connectivity index is 1.07. The largest absolute Gasteiger partial charge is 0.307 e. The highest BCUT2D eigenvalue weighted by Gasteiger charge is 2.22. The van der Waals surface area contributed by atoms with E-state index in [2.05, 4.69) is 261 Å². The number of pyridine rings is 1. The second kappa shape index (κ2) is 17.9. The third-order valence-electron chi connectivity index (χ3n) is 15.2. The lowest BCUT2D eigenvalue weighted by atomic mass is 9.96. The smallest absolute Gasteiger partial charge is 0.138 e. The van der Waals surface area contributed by atoms with Gasteiger partial charge in [0.15, 0.2) is 0 Å². The molecule has 0 N–H and O–H groups in total. The number of aromatic nitrogens is 3. The Morgan fingerprint density at radius 3 is 1.24 bits per heavy atom. The first-order valence-electron chi connectivity index (χ1n) is 25.3. The molecule has 0 aliphatic rings. The average molecular weight is 947 g/mol. The molecule has 0 unspecified atom stereocenters. The maximum absolute atomic E-state index is 10.00. The topological polar surface area (TPSA) is 46.5 Å². The zero-order valence-corrected chi connectivity index (χ0v) is 41.7. The van der Waals surface area contributed by atoms with E-state index in [0.717, 1.165) is 77.4 Å². The molecule has 13 rings (SSSR count). The van der Waals surface area contributed by atoms with Crippen molar-refractivity contribution in [2.24, 2.45) is 0 Å². The second-order valence-electron chi connectivity index (χ2n) is 19.7. The number of hydrogen-bond donors (Lipinski definition) is 0. The summed E-state index contributed by atoms with van der Waals surface area (Å²) in [6, 6.07) is 83.4. The molecule has 0 fully saturated rings. The van der Waals surface area contributed by atoms with Gasteiger partial charge in [0, 0.05) is 27.1 Å². The molecule has 3 aromatic heterocycles. The first-order chi connectivity index (χ1) is 36.3. The molecule has 4 nitrogen and oxygen atoms in total. The van der Waals surface area contributed by atoms with Crippen molar-refractivity contribution in [3.8, 4) is 84.3 Å². The van der Waals surface area contributed by atoms with Gasteiger partial charge in [-0.05, 0) is 178 Å². The summed E-state index contributed by atoms with van der Waals surface area (Å²) in [7, 11) is 0. The molecule has 0 atom stereocenters. The molecule has 10 aromatic carbocycles. The van der Waals surface area contributed by atoms with E-state index in [-0.39, 0.29) is 0 Å². The minimum Gasteiger partial charge on any atom is -0.307 e. The van der Waals surface area contributed by atoms with Gasteiger partial charge in [-0.1, -0.05) is 158 Å². The Hall–Kier alpha value is -9.56. The number of benzene rings is 10. The van der Waals surface area contributed by atoms with E-state index in [1.165, 1.54) is 66.8 Å². The molecule has 0 spiro atoms. The summed E-state index contributed by atoms with van der Waals surface area (Å²) in [5.41, 5.74) is 24.7. The van der Waals surface area contributed by atoms with Gasteiger partial charge in [0.05, 0.1) is 45.6 Å². The van der Waals surface area contributed by atoms with Gasteiger partial charge in [-0.3, -0.25) is 4.57 Å². The van der Waals surface area contributed by atoms with E-state index in [1.54, 1.807) is 0 Å². The van der Waals surface area contributed by atoms with Crippen LogP contribution < -0.4 is 0 Å². The first-order valence-corrected chi connectivity index (χ1v) is 25.3. The third-order valence-corrected chi connectivity index (χ3v) is 15.2. The van der Waals surface area contributed by atoms with Crippen LogP contribution in [0.1, 0.15) is 27.8 Å². The fourth-order valence-electron chi connectivity index (χ4n) is 11.4. The van der Waals surface area contributed by atoms with Crippen molar-refractivity contribution < 1.29 is 0 Å². The van der Waals surface area contributed by atoms with Crippen LogP contribution in [0.4, 0.5) is 0 Å². The van der Waals surface area contributed by atoms with Gasteiger partial charge in [0.1, 0.15) is 5.82 Å². The van der Waals surface area contributed by atoms with Crippen molar-refractivity contribution in [3.05, 3.63) is 258 Å². The molecule has 350 valence electrons. The molecule has 0 amide bonds. The maximum atomic E-state index is 10.00. The molecule has 0 aliphatic heterocycles. The summed E-state index contributed by atoms with van der Waals surface area (Å²) in [5.74, 6) is 0.803. The fraction of sp³-hybridized carbons (Fsp3) is 0.0571. The van der Waals surface area contributed by atoms with Crippen molar-refractivity contribution >= 4 is 43.6 Å². The zero-order valence-electron chi connectivity index (χ0n) is 41.7. The maximum Gasteiger partial charge on any atom is 0.138 e. The van der Waals surface area contributed by atoms with Gasteiger partial charge in [0.25, 0.3) is 0 Å². The van der Waals surface area contributed by atoms with Crippen molar-refractivity contribution in [2.75, 3.05) is 0 Å². The van der Waals surface area contributed by atoms with Crippen LogP contribution >= 0.6 is 0 Å². The normalized spacial score (nSPS) is 11.5. The molecule has 0 radical (unpaired) electrons. The van der Waals surface area contributed by atoms with E-state index in [1.807, 2.05) is 12.1 Å². The minimum absolute atomic E-state index is 0.610. The van der Waals surface area contributed by atoms with Crippen LogP contribution in [0, 0.1) is 39.0 Å². The molecule has 74 heavy (non-hydrogen) atoms. The predicted molar refractivity (Wildman–Crippen MR) is 309 cm³/mol. The number of aryl methyl sites for hydroxylation is 4. The van der Waals surface area contributed by atoms with Crippen LogP contribution in [0.3, 0.4) is 0 Å². The summed E-state index contributed by atoms with van der Waals surface area (Å²) >= 11 is 0. The highest BCUT2D eigenvalue weighted by molar-refractivity contribution is 6.13. The molecule has 0 aliphatic carbocycles. The Kier molecular flexibility index (Phi) is 10.8. The number of nitrogens with zero attached hydrogens (tertiary/aromatic N) is 4. The predicted octanol–water partition coefficient (Wildman–Crippen LogP) is 18.4. The minimum atomic E-state index is 0.610. The van der Waals surface area contributed by atoms with Gasteiger partial charge in [-0.15, -0.1) is 0 Å². The average Bonchev–Trinajstić information content (AvgIpc) is 3.95. The molecule has 13 aromatic rings. The summed E-state index contributed by atoms with van der Waals surface area (Å²) < 4.78 is 4.73.